The third-order valence-corrected chi connectivity index (χ3v) is 5.18. The molecule has 5 heteroatoms. The smallest absolute Gasteiger partial charge is 0.255 e. The van der Waals surface area contributed by atoms with Crippen molar-refractivity contribution in [1.82, 2.24) is 10.3 Å². The summed E-state index contributed by atoms with van der Waals surface area (Å²) in [7, 11) is 0. The number of amides is 2. The van der Waals surface area contributed by atoms with Gasteiger partial charge in [0, 0.05) is 34.9 Å². The highest BCUT2D eigenvalue weighted by molar-refractivity contribution is 6.05. The summed E-state index contributed by atoms with van der Waals surface area (Å²) in [4.78, 5) is 29.6. The van der Waals surface area contributed by atoms with Crippen LogP contribution in [0.5, 0.6) is 0 Å². The first kappa shape index (κ1) is 20.3. The van der Waals surface area contributed by atoms with E-state index in [-0.39, 0.29) is 11.8 Å². The van der Waals surface area contributed by atoms with Crippen molar-refractivity contribution in [3.05, 3.63) is 107 Å². The van der Waals surface area contributed by atoms with Crippen molar-refractivity contribution in [3.8, 4) is 0 Å². The molecule has 0 spiro atoms. The van der Waals surface area contributed by atoms with Crippen LogP contribution in [0, 0.1) is 6.92 Å². The summed E-state index contributed by atoms with van der Waals surface area (Å²) < 4.78 is 0. The number of rotatable bonds is 6. The molecule has 0 aliphatic carbocycles. The number of aromatic nitrogens is 1. The van der Waals surface area contributed by atoms with Crippen molar-refractivity contribution >= 4 is 28.4 Å². The van der Waals surface area contributed by atoms with Crippen molar-refractivity contribution in [2.75, 3.05) is 11.9 Å². The number of nitrogens with zero attached hydrogens (tertiary/aromatic N) is 1. The highest BCUT2D eigenvalue weighted by Gasteiger charge is 2.11. The van der Waals surface area contributed by atoms with Gasteiger partial charge in [0.25, 0.3) is 11.8 Å². The summed E-state index contributed by atoms with van der Waals surface area (Å²) in [6.07, 6.45) is 2.46. The molecule has 154 valence electrons. The van der Waals surface area contributed by atoms with Gasteiger partial charge in [0.05, 0.1) is 5.52 Å². The van der Waals surface area contributed by atoms with Gasteiger partial charge in [0.2, 0.25) is 0 Å². The molecule has 0 bridgehead atoms. The molecule has 0 unspecified atom stereocenters. The minimum Gasteiger partial charge on any atom is -0.352 e. The number of carbonyl (C=O) groups is 2. The summed E-state index contributed by atoms with van der Waals surface area (Å²) in [6.45, 7) is 2.39. The fourth-order valence-electron chi connectivity index (χ4n) is 3.46. The Balaban J connectivity index is 1.41. The Morgan fingerprint density at radius 1 is 0.839 bits per heavy atom. The molecule has 0 saturated heterocycles. The molecule has 0 saturated carbocycles. The van der Waals surface area contributed by atoms with E-state index >= 15 is 0 Å². The Kier molecular flexibility index (Phi) is 6.03. The van der Waals surface area contributed by atoms with Crippen LogP contribution < -0.4 is 10.6 Å². The van der Waals surface area contributed by atoms with Crippen LogP contribution in [0.15, 0.2) is 85.1 Å². The van der Waals surface area contributed by atoms with Gasteiger partial charge in [-0.25, -0.2) is 0 Å². The van der Waals surface area contributed by atoms with Crippen LogP contribution in [-0.4, -0.2) is 23.3 Å². The van der Waals surface area contributed by atoms with E-state index in [9.17, 15) is 9.59 Å². The average Bonchev–Trinajstić information content (AvgIpc) is 2.81. The molecular weight excluding hydrogens is 386 g/mol. The second kappa shape index (κ2) is 9.22. The topological polar surface area (TPSA) is 71.1 Å². The average molecular weight is 409 g/mol. The number of aryl methyl sites for hydroxylation is 1. The minimum absolute atomic E-state index is 0.177. The number of benzene rings is 3. The SMILES string of the molecule is Cc1ccc(C(=O)NCCc2cccc3cccnc23)cc1NC(=O)c1ccccc1. The maximum atomic E-state index is 12.7. The van der Waals surface area contributed by atoms with E-state index < -0.39 is 0 Å². The van der Waals surface area contributed by atoms with E-state index in [1.54, 1.807) is 30.5 Å². The maximum Gasteiger partial charge on any atom is 0.255 e. The number of carbonyl (C=O) groups excluding carboxylic acids is 2. The first-order chi connectivity index (χ1) is 15.1. The molecule has 0 aliphatic heterocycles. The van der Waals surface area contributed by atoms with Crippen molar-refractivity contribution in [3.63, 3.8) is 0 Å². The lowest BCUT2D eigenvalue weighted by molar-refractivity contribution is 0.0952. The quantitative estimate of drug-likeness (QED) is 0.482. The van der Waals surface area contributed by atoms with Gasteiger partial charge in [-0.05, 0) is 54.8 Å². The summed E-state index contributed by atoms with van der Waals surface area (Å²) in [6, 6.07) is 24.3. The van der Waals surface area contributed by atoms with E-state index in [1.165, 1.54) is 0 Å². The van der Waals surface area contributed by atoms with Crippen LogP contribution >= 0.6 is 0 Å². The number of fused-ring (bicyclic) bond motifs is 1. The van der Waals surface area contributed by atoms with Crippen LogP contribution in [0.2, 0.25) is 0 Å². The zero-order valence-corrected chi connectivity index (χ0v) is 17.3. The molecule has 0 fully saturated rings. The van der Waals surface area contributed by atoms with Gasteiger partial charge in [0.15, 0.2) is 0 Å². The van der Waals surface area contributed by atoms with E-state index in [0.717, 1.165) is 22.0 Å². The normalized spacial score (nSPS) is 10.6. The Morgan fingerprint density at radius 3 is 2.48 bits per heavy atom. The molecule has 3 aromatic carbocycles. The third kappa shape index (κ3) is 4.78. The summed E-state index contributed by atoms with van der Waals surface area (Å²) in [5, 5.41) is 6.95. The molecular formula is C26H23N3O2. The van der Waals surface area contributed by atoms with E-state index in [4.69, 9.17) is 0 Å². The standard InChI is InChI=1S/C26H23N3O2/c1-18-12-13-22(17-23(18)29-26(31)21-7-3-2-4-8-21)25(30)28-16-14-20-10-5-9-19-11-6-15-27-24(19)20/h2-13,15,17H,14,16H2,1H3,(H,28,30)(H,29,31). The molecule has 1 heterocycles. The van der Waals surface area contributed by atoms with Gasteiger partial charge in [-0.2, -0.15) is 0 Å². The molecule has 5 nitrogen and oxygen atoms in total. The highest BCUT2D eigenvalue weighted by atomic mass is 16.2. The van der Waals surface area contributed by atoms with Gasteiger partial charge in [-0.1, -0.05) is 48.5 Å². The van der Waals surface area contributed by atoms with Crippen LogP contribution in [0.25, 0.3) is 10.9 Å². The molecule has 31 heavy (non-hydrogen) atoms. The number of hydrogen-bond acceptors (Lipinski definition) is 3. The summed E-state index contributed by atoms with van der Waals surface area (Å²) in [5.74, 6) is -0.381. The molecule has 2 amide bonds. The molecule has 0 radical (unpaired) electrons. The number of hydrogen-bond donors (Lipinski definition) is 2. The van der Waals surface area contributed by atoms with Crippen molar-refractivity contribution in [2.24, 2.45) is 0 Å². The minimum atomic E-state index is -0.204. The second-order valence-corrected chi connectivity index (χ2v) is 7.35. The van der Waals surface area contributed by atoms with Crippen molar-refractivity contribution < 1.29 is 9.59 Å². The maximum absolute atomic E-state index is 12.7. The summed E-state index contributed by atoms with van der Waals surface area (Å²) >= 11 is 0. The Hall–Kier alpha value is -3.99. The molecule has 1 aromatic heterocycles. The molecule has 0 aliphatic rings. The van der Waals surface area contributed by atoms with Gasteiger partial charge >= 0.3 is 0 Å². The van der Waals surface area contributed by atoms with Crippen molar-refractivity contribution in [2.45, 2.75) is 13.3 Å². The number of para-hydroxylation sites is 1. The van der Waals surface area contributed by atoms with Crippen LogP contribution in [0.1, 0.15) is 31.8 Å². The van der Waals surface area contributed by atoms with Gasteiger partial charge in [-0.15, -0.1) is 0 Å². The molecule has 2 N–H and O–H groups in total. The van der Waals surface area contributed by atoms with E-state index in [1.807, 2.05) is 61.5 Å². The predicted octanol–water partition coefficient (Wildman–Crippen LogP) is 4.77. The number of nitrogens with one attached hydrogen (secondary N) is 2. The highest BCUT2D eigenvalue weighted by Crippen LogP contribution is 2.19. The Labute approximate surface area is 181 Å². The summed E-state index contributed by atoms with van der Waals surface area (Å²) in [5.41, 5.74) is 4.64. The fourth-order valence-corrected chi connectivity index (χ4v) is 3.46. The molecule has 4 aromatic rings. The first-order valence-corrected chi connectivity index (χ1v) is 10.2. The monoisotopic (exact) mass is 409 g/mol. The largest absolute Gasteiger partial charge is 0.352 e. The number of pyridine rings is 1. The first-order valence-electron chi connectivity index (χ1n) is 10.2. The Morgan fingerprint density at radius 2 is 1.65 bits per heavy atom. The zero-order chi connectivity index (χ0) is 21.6. The number of anilines is 1. The van der Waals surface area contributed by atoms with E-state index in [2.05, 4.69) is 15.6 Å². The van der Waals surface area contributed by atoms with Crippen LogP contribution in [-0.2, 0) is 6.42 Å². The van der Waals surface area contributed by atoms with Gasteiger partial charge in [-0.3, -0.25) is 14.6 Å². The fraction of sp³-hybridized carbons (Fsp3) is 0.115. The van der Waals surface area contributed by atoms with E-state index in [0.29, 0.717) is 29.8 Å². The lowest BCUT2D eigenvalue weighted by atomic mass is 10.1. The van der Waals surface area contributed by atoms with Crippen molar-refractivity contribution in [1.29, 1.82) is 0 Å². The zero-order valence-electron chi connectivity index (χ0n) is 17.3. The Bertz CT molecular complexity index is 1230. The van der Waals surface area contributed by atoms with Crippen LogP contribution in [0.3, 0.4) is 0 Å². The second-order valence-electron chi connectivity index (χ2n) is 7.35. The van der Waals surface area contributed by atoms with Gasteiger partial charge in [0.1, 0.15) is 0 Å². The lowest BCUT2D eigenvalue weighted by Gasteiger charge is -2.11. The predicted molar refractivity (Wildman–Crippen MR) is 123 cm³/mol. The molecule has 0 atom stereocenters. The molecule has 4 rings (SSSR count). The van der Waals surface area contributed by atoms with Gasteiger partial charge < -0.3 is 10.6 Å². The lowest BCUT2D eigenvalue weighted by Crippen LogP contribution is -2.26. The van der Waals surface area contributed by atoms with Crippen LogP contribution in [0.4, 0.5) is 5.69 Å². The third-order valence-electron chi connectivity index (χ3n) is 5.18.